The Morgan fingerprint density at radius 3 is 2.70 bits per heavy atom. The molecule has 0 fully saturated rings. The van der Waals surface area contributed by atoms with Crippen LogP contribution in [-0.4, -0.2) is 12.5 Å². The van der Waals surface area contributed by atoms with Crippen LogP contribution in [0.25, 0.3) is 0 Å². The van der Waals surface area contributed by atoms with Crippen LogP contribution >= 0.6 is 43.5 Å². The fourth-order valence-electron chi connectivity index (χ4n) is 1.50. The predicted octanol–water partition coefficient (Wildman–Crippen LogP) is 4.88. The molecule has 2 aromatic rings. The summed E-state index contributed by atoms with van der Waals surface area (Å²) in [6.45, 7) is -0.0766. The summed E-state index contributed by atoms with van der Waals surface area (Å²) in [5, 5.41) is 3.35. The predicted molar refractivity (Wildman–Crippen MR) is 87.4 cm³/mol. The van der Waals surface area contributed by atoms with Crippen LogP contribution in [0.3, 0.4) is 0 Å². The number of carbonyl (C=O) groups excluding carboxylic acids is 1. The number of amides is 1. The van der Waals surface area contributed by atoms with E-state index in [1.807, 2.05) is 18.2 Å². The van der Waals surface area contributed by atoms with Gasteiger partial charge in [0.15, 0.2) is 6.61 Å². The highest BCUT2D eigenvalue weighted by Gasteiger charge is 2.06. The summed E-state index contributed by atoms with van der Waals surface area (Å²) in [7, 11) is 0. The van der Waals surface area contributed by atoms with Crippen LogP contribution in [0.4, 0.5) is 5.69 Å². The molecule has 0 saturated heterocycles. The fraction of sp³-hybridized carbons (Fsp3) is 0.0714. The molecule has 2 rings (SSSR count). The molecule has 104 valence electrons. The van der Waals surface area contributed by atoms with Crippen molar-refractivity contribution in [2.75, 3.05) is 11.9 Å². The molecule has 2 aromatic carbocycles. The van der Waals surface area contributed by atoms with Gasteiger partial charge in [-0.25, -0.2) is 0 Å². The van der Waals surface area contributed by atoms with E-state index in [0.29, 0.717) is 20.9 Å². The van der Waals surface area contributed by atoms with E-state index in [4.69, 9.17) is 16.3 Å². The molecule has 1 N–H and O–H groups in total. The first kappa shape index (κ1) is 15.4. The highest BCUT2D eigenvalue weighted by atomic mass is 79.9. The Balaban J connectivity index is 1.92. The minimum Gasteiger partial charge on any atom is -0.483 e. The third kappa shape index (κ3) is 4.51. The van der Waals surface area contributed by atoms with Crippen LogP contribution in [0.2, 0.25) is 5.02 Å². The smallest absolute Gasteiger partial charge is 0.262 e. The van der Waals surface area contributed by atoms with Gasteiger partial charge in [-0.1, -0.05) is 33.6 Å². The summed E-state index contributed by atoms with van der Waals surface area (Å²) >= 11 is 12.5. The zero-order chi connectivity index (χ0) is 14.5. The summed E-state index contributed by atoms with van der Waals surface area (Å²) in [6.07, 6.45) is 0. The number of ether oxygens (including phenoxy) is 1. The minimum atomic E-state index is -0.232. The van der Waals surface area contributed by atoms with Crippen LogP contribution in [0.5, 0.6) is 5.75 Å². The van der Waals surface area contributed by atoms with Crippen molar-refractivity contribution >= 4 is 55.1 Å². The topological polar surface area (TPSA) is 38.3 Å². The molecule has 20 heavy (non-hydrogen) atoms. The lowest BCUT2D eigenvalue weighted by atomic mass is 10.3. The van der Waals surface area contributed by atoms with Crippen LogP contribution in [0.15, 0.2) is 51.4 Å². The first-order valence-corrected chi connectivity index (χ1v) is 7.64. The van der Waals surface area contributed by atoms with Gasteiger partial charge in [-0.3, -0.25) is 4.79 Å². The van der Waals surface area contributed by atoms with Crippen LogP contribution < -0.4 is 10.1 Å². The first-order chi connectivity index (χ1) is 9.54. The van der Waals surface area contributed by atoms with Crippen molar-refractivity contribution in [1.82, 2.24) is 0 Å². The van der Waals surface area contributed by atoms with E-state index in [0.717, 1.165) is 4.47 Å². The Hall–Kier alpha value is -1.04. The van der Waals surface area contributed by atoms with Gasteiger partial charge in [-0.2, -0.15) is 0 Å². The normalized spacial score (nSPS) is 10.2. The van der Waals surface area contributed by atoms with Crippen molar-refractivity contribution in [1.29, 1.82) is 0 Å². The van der Waals surface area contributed by atoms with Gasteiger partial charge in [-0.05, 0) is 52.3 Å². The highest BCUT2D eigenvalue weighted by Crippen LogP contribution is 2.27. The van der Waals surface area contributed by atoms with E-state index in [9.17, 15) is 4.79 Å². The van der Waals surface area contributed by atoms with Gasteiger partial charge in [0.2, 0.25) is 0 Å². The Morgan fingerprint density at radius 2 is 2.00 bits per heavy atom. The quantitative estimate of drug-likeness (QED) is 0.767. The zero-order valence-electron chi connectivity index (χ0n) is 10.2. The van der Waals surface area contributed by atoms with Crippen LogP contribution in [-0.2, 0) is 4.79 Å². The van der Waals surface area contributed by atoms with E-state index < -0.39 is 0 Å². The maximum absolute atomic E-state index is 11.8. The van der Waals surface area contributed by atoms with E-state index in [1.54, 1.807) is 24.3 Å². The zero-order valence-corrected chi connectivity index (χ0v) is 14.1. The van der Waals surface area contributed by atoms with E-state index in [-0.39, 0.29) is 12.5 Å². The van der Waals surface area contributed by atoms with Gasteiger partial charge in [0, 0.05) is 15.2 Å². The van der Waals surface area contributed by atoms with E-state index in [2.05, 4.69) is 37.2 Å². The summed E-state index contributed by atoms with van der Waals surface area (Å²) < 4.78 is 7.03. The Kier molecular flexibility index (Phi) is 5.46. The first-order valence-electron chi connectivity index (χ1n) is 5.68. The van der Waals surface area contributed by atoms with Crippen LogP contribution in [0, 0.1) is 0 Å². The van der Waals surface area contributed by atoms with Gasteiger partial charge in [0.25, 0.3) is 5.91 Å². The molecular formula is C14H10Br2ClNO2. The summed E-state index contributed by atoms with van der Waals surface area (Å²) in [5.41, 5.74) is 0.711. The van der Waals surface area contributed by atoms with Crippen molar-refractivity contribution in [2.24, 2.45) is 0 Å². The molecule has 0 radical (unpaired) electrons. The minimum absolute atomic E-state index is 0.0766. The van der Waals surface area contributed by atoms with Crippen molar-refractivity contribution < 1.29 is 9.53 Å². The summed E-state index contributed by atoms with van der Waals surface area (Å²) in [4.78, 5) is 11.8. The molecule has 0 aliphatic heterocycles. The average molecular weight is 420 g/mol. The SMILES string of the molecule is O=C(COc1ccc(Cl)cc1Br)Nc1cccc(Br)c1. The Morgan fingerprint density at radius 1 is 1.20 bits per heavy atom. The Bertz CT molecular complexity index is 634. The number of anilines is 1. The van der Waals surface area contributed by atoms with Crippen LogP contribution in [0.1, 0.15) is 0 Å². The lowest BCUT2D eigenvalue weighted by Crippen LogP contribution is -2.20. The largest absolute Gasteiger partial charge is 0.483 e. The van der Waals surface area contributed by atoms with E-state index in [1.165, 1.54) is 0 Å². The monoisotopic (exact) mass is 417 g/mol. The second-order valence-electron chi connectivity index (χ2n) is 3.92. The molecule has 0 unspecified atom stereocenters. The number of carbonyl (C=O) groups is 1. The third-order valence-corrected chi connectivity index (χ3v) is 3.71. The molecule has 0 heterocycles. The number of nitrogens with one attached hydrogen (secondary N) is 1. The molecule has 0 aromatic heterocycles. The molecule has 0 atom stereocenters. The van der Waals surface area contributed by atoms with Crippen molar-refractivity contribution in [3.63, 3.8) is 0 Å². The summed E-state index contributed by atoms with van der Waals surface area (Å²) in [5.74, 6) is 0.337. The lowest BCUT2D eigenvalue weighted by Gasteiger charge is -2.09. The van der Waals surface area contributed by atoms with Crippen molar-refractivity contribution in [3.8, 4) is 5.75 Å². The standard InChI is InChI=1S/C14H10Br2ClNO2/c15-9-2-1-3-11(6-9)18-14(19)8-20-13-5-4-10(17)7-12(13)16/h1-7H,8H2,(H,18,19). The Labute approximate surface area is 138 Å². The molecule has 0 aliphatic carbocycles. The number of halogens is 3. The molecular weight excluding hydrogens is 409 g/mol. The van der Waals surface area contributed by atoms with Gasteiger partial charge < -0.3 is 10.1 Å². The van der Waals surface area contributed by atoms with Gasteiger partial charge in [0.05, 0.1) is 4.47 Å². The molecule has 1 amide bonds. The number of hydrogen-bond donors (Lipinski definition) is 1. The molecule has 0 saturated carbocycles. The maximum atomic E-state index is 11.8. The number of hydrogen-bond acceptors (Lipinski definition) is 2. The second kappa shape index (κ2) is 7.11. The third-order valence-electron chi connectivity index (χ3n) is 2.36. The van der Waals surface area contributed by atoms with E-state index >= 15 is 0 Å². The molecule has 0 aliphatic rings. The molecule has 6 heteroatoms. The van der Waals surface area contributed by atoms with Gasteiger partial charge in [-0.15, -0.1) is 0 Å². The highest BCUT2D eigenvalue weighted by molar-refractivity contribution is 9.10. The van der Waals surface area contributed by atoms with Gasteiger partial charge in [0.1, 0.15) is 5.75 Å². The van der Waals surface area contributed by atoms with Crippen molar-refractivity contribution in [2.45, 2.75) is 0 Å². The maximum Gasteiger partial charge on any atom is 0.262 e. The number of rotatable bonds is 4. The molecule has 3 nitrogen and oxygen atoms in total. The average Bonchev–Trinajstić information content (AvgIpc) is 2.37. The second-order valence-corrected chi connectivity index (χ2v) is 6.13. The molecule has 0 bridgehead atoms. The number of benzene rings is 2. The summed E-state index contributed by atoms with van der Waals surface area (Å²) in [6, 6.07) is 12.5. The molecule has 0 spiro atoms. The lowest BCUT2D eigenvalue weighted by molar-refractivity contribution is -0.118. The van der Waals surface area contributed by atoms with Gasteiger partial charge >= 0.3 is 0 Å². The fourth-order valence-corrected chi connectivity index (χ4v) is 2.70. The van der Waals surface area contributed by atoms with Crippen molar-refractivity contribution in [3.05, 3.63) is 56.4 Å².